The molecule has 6 heteroatoms. The Morgan fingerprint density at radius 3 is 2.57 bits per heavy atom. The van der Waals surface area contributed by atoms with Gasteiger partial charge in [-0.3, -0.25) is 4.90 Å². The van der Waals surface area contributed by atoms with Crippen molar-refractivity contribution >= 4 is 23.5 Å². The number of nitrogen functional groups attached to an aromatic ring is 1. The van der Waals surface area contributed by atoms with E-state index < -0.39 is 5.82 Å². The first-order valence-corrected chi connectivity index (χ1v) is 7.59. The summed E-state index contributed by atoms with van der Waals surface area (Å²) in [6, 6.07) is 2.28. The van der Waals surface area contributed by atoms with Crippen LogP contribution in [-0.2, 0) is 4.74 Å². The van der Waals surface area contributed by atoms with Gasteiger partial charge in [-0.2, -0.15) is 0 Å². The van der Waals surface area contributed by atoms with Crippen LogP contribution in [0.4, 0.5) is 10.1 Å². The third kappa shape index (κ3) is 2.65. The first kappa shape index (κ1) is 14.8. The Bertz CT molecular complexity index is 554. The number of piperidine rings is 1. The highest BCUT2D eigenvalue weighted by molar-refractivity contribution is 6.32. The maximum atomic E-state index is 14.2. The fraction of sp³-hybridized carbons (Fsp3) is 0.533. The minimum atomic E-state index is -0.573. The van der Waals surface area contributed by atoms with Crippen molar-refractivity contribution in [2.45, 2.75) is 24.8 Å². The van der Waals surface area contributed by atoms with E-state index in [1.807, 2.05) is 0 Å². The molecule has 4 nitrogen and oxygen atoms in total. The predicted molar refractivity (Wildman–Crippen MR) is 81.9 cm³/mol. The highest BCUT2D eigenvalue weighted by Crippen LogP contribution is 2.37. The monoisotopic (exact) mass is 311 g/mol. The maximum Gasteiger partial charge on any atom is 0.152 e. The molecule has 114 valence electrons. The number of hydrogen-bond donors (Lipinski definition) is 2. The Labute approximate surface area is 128 Å². The molecule has 0 unspecified atom stereocenters. The Balaban J connectivity index is 1.77. The van der Waals surface area contributed by atoms with Gasteiger partial charge in [-0.05, 0) is 43.5 Å². The normalized spacial score (nSPS) is 21.2. The number of rotatable bonds is 3. The van der Waals surface area contributed by atoms with Crippen LogP contribution in [0.25, 0.3) is 0 Å². The standard InChI is InChI=1S/C15H19ClFN3O/c16-14-11(5-13(19)12(6-18)15(14)17)9-1-3-20(4-2-9)10-7-21-8-10/h5-6,9-10,18H,1-4,7-8,19H2. The third-order valence-electron chi connectivity index (χ3n) is 4.56. The molecule has 0 amide bonds. The minimum absolute atomic E-state index is 0.0767. The number of nitrogens with two attached hydrogens (primary N) is 1. The zero-order valence-electron chi connectivity index (χ0n) is 11.7. The van der Waals surface area contributed by atoms with Gasteiger partial charge in [-0.1, -0.05) is 11.6 Å². The largest absolute Gasteiger partial charge is 0.398 e. The molecule has 3 N–H and O–H groups in total. The topological polar surface area (TPSA) is 62.3 Å². The lowest BCUT2D eigenvalue weighted by Crippen LogP contribution is -2.51. The molecule has 0 aliphatic carbocycles. The van der Waals surface area contributed by atoms with Crippen molar-refractivity contribution < 1.29 is 9.13 Å². The molecule has 1 aromatic carbocycles. The van der Waals surface area contributed by atoms with Gasteiger partial charge < -0.3 is 15.9 Å². The van der Waals surface area contributed by atoms with Gasteiger partial charge in [0.2, 0.25) is 0 Å². The molecule has 2 aliphatic heterocycles. The van der Waals surface area contributed by atoms with E-state index >= 15 is 0 Å². The lowest BCUT2D eigenvalue weighted by atomic mass is 9.87. The van der Waals surface area contributed by atoms with E-state index in [4.69, 9.17) is 27.5 Å². The van der Waals surface area contributed by atoms with Gasteiger partial charge in [0.05, 0.1) is 29.8 Å². The van der Waals surface area contributed by atoms with Gasteiger partial charge in [0, 0.05) is 11.9 Å². The van der Waals surface area contributed by atoms with Crippen molar-refractivity contribution in [1.82, 2.24) is 4.90 Å². The van der Waals surface area contributed by atoms with Gasteiger partial charge in [-0.25, -0.2) is 4.39 Å². The quantitative estimate of drug-likeness (QED) is 0.666. The van der Waals surface area contributed by atoms with Crippen LogP contribution >= 0.6 is 11.6 Å². The number of benzene rings is 1. The van der Waals surface area contributed by atoms with Gasteiger partial charge in [0.15, 0.2) is 5.82 Å². The van der Waals surface area contributed by atoms with Crippen molar-refractivity contribution in [3.05, 3.63) is 28.0 Å². The molecule has 1 aromatic rings. The highest BCUT2D eigenvalue weighted by Gasteiger charge is 2.31. The molecule has 0 spiro atoms. The second kappa shape index (κ2) is 5.91. The van der Waals surface area contributed by atoms with Crippen molar-refractivity contribution in [2.24, 2.45) is 0 Å². The van der Waals surface area contributed by atoms with E-state index in [0.29, 0.717) is 6.04 Å². The summed E-state index contributed by atoms with van der Waals surface area (Å²) in [5, 5.41) is 7.33. The average molecular weight is 312 g/mol. The highest BCUT2D eigenvalue weighted by atomic mass is 35.5. The second-order valence-electron chi connectivity index (χ2n) is 5.74. The molecule has 2 heterocycles. The van der Waals surface area contributed by atoms with E-state index in [0.717, 1.165) is 50.9 Å². The van der Waals surface area contributed by atoms with Crippen LogP contribution in [-0.4, -0.2) is 43.5 Å². The number of nitrogens with one attached hydrogen (secondary N) is 1. The summed E-state index contributed by atoms with van der Waals surface area (Å²) in [6.45, 7) is 3.59. The fourth-order valence-corrected chi connectivity index (χ4v) is 3.44. The van der Waals surface area contributed by atoms with Crippen molar-refractivity contribution in [3.63, 3.8) is 0 Å². The van der Waals surface area contributed by atoms with Crippen LogP contribution in [0.2, 0.25) is 5.02 Å². The number of hydrogen-bond acceptors (Lipinski definition) is 4. The summed E-state index contributed by atoms with van der Waals surface area (Å²) in [5.41, 5.74) is 6.98. The van der Waals surface area contributed by atoms with E-state index in [1.54, 1.807) is 6.07 Å². The molecule has 2 aliphatic rings. The number of anilines is 1. The SMILES string of the molecule is N=Cc1c(N)cc(C2CCN(C3COC3)CC2)c(Cl)c1F. The summed E-state index contributed by atoms with van der Waals surface area (Å²) in [6.07, 6.45) is 2.80. The lowest BCUT2D eigenvalue weighted by Gasteiger charge is -2.41. The van der Waals surface area contributed by atoms with Gasteiger partial charge in [0.1, 0.15) is 0 Å². The lowest BCUT2D eigenvalue weighted by molar-refractivity contribution is -0.0712. The van der Waals surface area contributed by atoms with E-state index in [2.05, 4.69) is 4.90 Å². The summed E-state index contributed by atoms with van der Waals surface area (Å²) >= 11 is 6.15. The van der Waals surface area contributed by atoms with Crippen LogP contribution in [0.15, 0.2) is 6.07 Å². The molecular formula is C15H19ClFN3O. The zero-order chi connectivity index (χ0) is 15.0. The van der Waals surface area contributed by atoms with Crippen molar-refractivity contribution in [3.8, 4) is 0 Å². The molecular weight excluding hydrogens is 293 g/mol. The molecule has 0 saturated carbocycles. The molecule has 2 saturated heterocycles. The molecule has 0 atom stereocenters. The van der Waals surface area contributed by atoms with Crippen LogP contribution in [0, 0.1) is 11.2 Å². The Morgan fingerprint density at radius 2 is 2.05 bits per heavy atom. The summed E-state index contributed by atoms with van der Waals surface area (Å²) in [7, 11) is 0. The average Bonchev–Trinajstić information content (AvgIpc) is 2.43. The number of likely N-dealkylation sites (tertiary alicyclic amines) is 1. The van der Waals surface area contributed by atoms with Gasteiger partial charge in [0.25, 0.3) is 0 Å². The van der Waals surface area contributed by atoms with Crippen LogP contribution < -0.4 is 5.73 Å². The van der Waals surface area contributed by atoms with Gasteiger partial charge in [-0.15, -0.1) is 0 Å². The number of halogens is 2. The summed E-state index contributed by atoms with van der Waals surface area (Å²) in [4.78, 5) is 2.43. The van der Waals surface area contributed by atoms with Crippen molar-refractivity contribution in [1.29, 1.82) is 5.41 Å². The third-order valence-corrected chi connectivity index (χ3v) is 4.94. The molecule has 2 fully saturated rings. The first-order valence-electron chi connectivity index (χ1n) is 7.21. The minimum Gasteiger partial charge on any atom is -0.398 e. The second-order valence-corrected chi connectivity index (χ2v) is 6.12. The summed E-state index contributed by atoms with van der Waals surface area (Å²) in [5.74, 6) is -0.345. The predicted octanol–water partition coefficient (Wildman–Crippen LogP) is 2.64. The Kier molecular flexibility index (Phi) is 4.15. The van der Waals surface area contributed by atoms with Crippen LogP contribution in [0.5, 0.6) is 0 Å². The Morgan fingerprint density at radius 1 is 1.38 bits per heavy atom. The maximum absolute atomic E-state index is 14.2. The fourth-order valence-electron chi connectivity index (χ4n) is 3.13. The van der Waals surface area contributed by atoms with E-state index in [9.17, 15) is 4.39 Å². The zero-order valence-corrected chi connectivity index (χ0v) is 12.5. The smallest absolute Gasteiger partial charge is 0.152 e. The Hall–Kier alpha value is -1.17. The number of ether oxygens (including phenoxy) is 1. The van der Waals surface area contributed by atoms with E-state index in [-0.39, 0.29) is 22.2 Å². The molecule has 0 bridgehead atoms. The molecule has 0 aromatic heterocycles. The van der Waals surface area contributed by atoms with E-state index in [1.165, 1.54) is 0 Å². The first-order chi connectivity index (χ1) is 10.1. The van der Waals surface area contributed by atoms with Crippen molar-refractivity contribution in [2.75, 3.05) is 32.0 Å². The molecule has 0 radical (unpaired) electrons. The van der Waals surface area contributed by atoms with Gasteiger partial charge >= 0.3 is 0 Å². The number of nitrogens with zero attached hydrogens (tertiary/aromatic N) is 1. The molecule has 21 heavy (non-hydrogen) atoms. The summed E-state index contributed by atoms with van der Waals surface area (Å²) < 4.78 is 19.4. The van der Waals surface area contributed by atoms with Crippen LogP contribution in [0.1, 0.15) is 29.9 Å². The molecule has 3 rings (SSSR count). The van der Waals surface area contributed by atoms with Crippen LogP contribution in [0.3, 0.4) is 0 Å².